The number of nitrogens with one attached hydrogen (secondary N) is 1. The molecule has 11 heteroatoms. The zero-order valence-electron chi connectivity index (χ0n) is 13.4. The number of carbonyl (C=O) groups excluding carboxylic acids is 2. The summed E-state index contributed by atoms with van der Waals surface area (Å²) < 4.78 is 37.6. The highest BCUT2D eigenvalue weighted by molar-refractivity contribution is 5.98. The van der Waals surface area contributed by atoms with E-state index in [1.165, 1.54) is 18.3 Å². The SMILES string of the molecule is Nc1nc(-c2ccccn2)nn1C(=O)c1ccc(NC(=O)C(F)(F)F)cc1. The van der Waals surface area contributed by atoms with E-state index in [1.54, 1.807) is 23.5 Å². The van der Waals surface area contributed by atoms with Crippen molar-refractivity contribution in [2.24, 2.45) is 0 Å². The van der Waals surface area contributed by atoms with Gasteiger partial charge in [-0.1, -0.05) is 6.07 Å². The number of aromatic nitrogens is 4. The van der Waals surface area contributed by atoms with E-state index in [2.05, 4.69) is 15.1 Å². The molecule has 0 fully saturated rings. The maximum Gasteiger partial charge on any atom is 0.471 e. The highest BCUT2D eigenvalue weighted by atomic mass is 19.4. The second-order valence-corrected chi connectivity index (χ2v) is 5.25. The lowest BCUT2D eigenvalue weighted by Crippen LogP contribution is -2.29. The summed E-state index contributed by atoms with van der Waals surface area (Å²) in [5, 5.41) is 5.69. The number of pyridine rings is 1. The first kappa shape index (κ1) is 18.0. The van der Waals surface area contributed by atoms with Crippen LogP contribution in [0.2, 0.25) is 0 Å². The molecule has 3 rings (SSSR count). The minimum atomic E-state index is -5.01. The first-order valence-electron chi connectivity index (χ1n) is 7.42. The van der Waals surface area contributed by atoms with Crippen LogP contribution in [0.3, 0.4) is 0 Å². The maximum atomic E-state index is 12.5. The minimum Gasteiger partial charge on any atom is -0.368 e. The third kappa shape index (κ3) is 3.92. The average Bonchev–Trinajstić information content (AvgIpc) is 3.03. The Labute approximate surface area is 149 Å². The van der Waals surface area contributed by atoms with Gasteiger partial charge in [-0.3, -0.25) is 14.6 Å². The third-order valence-electron chi connectivity index (χ3n) is 3.37. The van der Waals surface area contributed by atoms with Crippen molar-refractivity contribution in [3.8, 4) is 11.5 Å². The minimum absolute atomic E-state index is 0.0872. The van der Waals surface area contributed by atoms with Gasteiger partial charge in [0.05, 0.1) is 0 Å². The second-order valence-electron chi connectivity index (χ2n) is 5.25. The van der Waals surface area contributed by atoms with Gasteiger partial charge in [0, 0.05) is 17.4 Å². The molecule has 0 radical (unpaired) electrons. The molecule has 0 saturated carbocycles. The van der Waals surface area contributed by atoms with Gasteiger partial charge in [0.15, 0.2) is 0 Å². The van der Waals surface area contributed by atoms with Crippen molar-refractivity contribution >= 4 is 23.5 Å². The van der Waals surface area contributed by atoms with Gasteiger partial charge < -0.3 is 11.1 Å². The summed E-state index contributed by atoms with van der Waals surface area (Å²) >= 11 is 0. The second kappa shape index (κ2) is 6.86. The van der Waals surface area contributed by atoms with Crippen molar-refractivity contribution in [2.75, 3.05) is 11.1 Å². The van der Waals surface area contributed by atoms with E-state index in [4.69, 9.17) is 5.73 Å². The smallest absolute Gasteiger partial charge is 0.368 e. The van der Waals surface area contributed by atoms with E-state index in [0.717, 1.165) is 16.8 Å². The van der Waals surface area contributed by atoms with Crippen LogP contribution in [0.4, 0.5) is 24.8 Å². The van der Waals surface area contributed by atoms with Crippen LogP contribution in [0, 0.1) is 0 Å². The molecule has 1 aromatic carbocycles. The molecule has 2 heterocycles. The summed E-state index contributed by atoms with van der Waals surface area (Å²) in [4.78, 5) is 31.4. The van der Waals surface area contributed by atoms with Crippen LogP contribution in [0.25, 0.3) is 11.5 Å². The molecule has 8 nitrogen and oxygen atoms in total. The molecule has 0 aliphatic rings. The first-order valence-corrected chi connectivity index (χ1v) is 7.42. The Bertz CT molecular complexity index is 984. The molecule has 0 saturated heterocycles. The molecule has 0 aliphatic heterocycles. The van der Waals surface area contributed by atoms with Gasteiger partial charge >= 0.3 is 12.1 Å². The lowest BCUT2D eigenvalue weighted by Gasteiger charge is -2.08. The van der Waals surface area contributed by atoms with Crippen LogP contribution in [-0.4, -0.2) is 37.7 Å². The Morgan fingerprint density at radius 2 is 1.78 bits per heavy atom. The molecule has 0 atom stereocenters. The molecule has 0 aliphatic carbocycles. The zero-order chi connectivity index (χ0) is 19.6. The summed E-state index contributed by atoms with van der Waals surface area (Å²) in [7, 11) is 0. The van der Waals surface area contributed by atoms with E-state index in [-0.39, 0.29) is 23.0 Å². The van der Waals surface area contributed by atoms with E-state index in [9.17, 15) is 22.8 Å². The number of halogens is 3. The number of nitrogen functional groups attached to an aromatic ring is 1. The number of hydrogen-bond donors (Lipinski definition) is 2. The molecule has 1 amide bonds. The number of benzene rings is 1. The van der Waals surface area contributed by atoms with Crippen molar-refractivity contribution in [2.45, 2.75) is 6.18 Å². The summed E-state index contributed by atoms with van der Waals surface area (Å²) in [6, 6.07) is 9.84. The van der Waals surface area contributed by atoms with Gasteiger partial charge in [0.2, 0.25) is 11.8 Å². The standard InChI is InChI=1S/C16H11F3N6O2/c17-16(18,19)14(27)22-10-6-4-9(5-7-10)13(26)25-15(20)23-12(24-25)11-3-1-2-8-21-11/h1-8H,(H,22,27)(H2,20,23,24). The van der Waals surface area contributed by atoms with Crippen molar-refractivity contribution in [3.05, 3.63) is 54.2 Å². The lowest BCUT2D eigenvalue weighted by atomic mass is 10.2. The van der Waals surface area contributed by atoms with Crippen LogP contribution in [-0.2, 0) is 4.79 Å². The molecule has 3 aromatic rings. The third-order valence-corrected chi connectivity index (χ3v) is 3.37. The maximum absolute atomic E-state index is 12.5. The van der Waals surface area contributed by atoms with Gasteiger partial charge in [-0.15, -0.1) is 5.10 Å². The fraction of sp³-hybridized carbons (Fsp3) is 0.0625. The summed E-state index contributed by atoms with van der Waals surface area (Å²) in [5.41, 5.74) is 6.11. The first-order chi connectivity index (χ1) is 12.8. The fourth-order valence-electron chi connectivity index (χ4n) is 2.10. The van der Waals surface area contributed by atoms with Crippen LogP contribution < -0.4 is 11.1 Å². The molecule has 138 valence electrons. The van der Waals surface area contributed by atoms with Crippen LogP contribution in [0.1, 0.15) is 10.4 Å². The van der Waals surface area contributed by atoms with Crippen molar-refractivity contribution < 1.29 is 22.8 Å². The molecule has 3 N–H and O–H groups in total. The zero-order valence-corrected chi connectivity index (χ0v) is 13.4. The lowest BCUT2D eigenvalue weighted by molar-refractivity contribution is -0.167. The topological polar surface area (TPSA) is 116 Å². The Hall–Kier alpha value is -3.76. The highest BCUT2D eigenvalue weighted by Crippen LogP contribution is 2.19. The molecule has 0 bridgehead atoms. The van der Waals surface area contributed by atoms with Gasteiger partial charge in [0.25, 0.3) is 5.91 Å². The summed E-state index contributed by atoms with van der Waals surface area (Å²) in [6.45, 7) is 0. The Kier molecular flexibility index (Phi) is 4.59. The normalized spacial score (nSPS) is 11.2. The predicted octanol–water partition coefficient (Wildman–Crippen LogP) is 2.11. The largest absolute Gasteiger partial charge is 0.471 e. The van der Waals surface area contributed by atoms with Crippen molar-refractivity contribution in [1.29, 1.82) is 0 Å². The number of anilines is 2. The molecular weight excluding hydrogens is 365 g/mol. The monoisotopic (exact) mass is 376 g/mol. The number of hydrogen-bond acceptors (Lipinski definition) is 6. The average molecular weight is 376 g/mol. The number of amides is 1. The van der Waals surface area contributed by atoms with Crippen molar-refractivity contribution in [3.63, 3.8) is 0 Å². The predicted molar refractivity (Wildman–Crippen MR) is 88.5 cm³/mol. The van der Waals surface area contributed by atoms with E-state index < -0.39 is 18.0 Å². The van der Waals surface area contributed by atoms with Gasteiger partial charge in [0.1, 0.15) is 5.69 Å². The van der Waals surface area contributed by atoms with Gasteiger partial charge in [-0.2, -0.15) is 22.8 Å². The Morgan fingerprint density at radius 1 is 1.07 bits per heavy atom. The number of alkyl halides is 3. The molecule has 27 heavy (non-hydrogen) atoms. The van der Waals surface area contributed by atoms with Crippen LogP contribution >= 0.6 is 0 Å². The van der Waals surface area contributed by atoms with Crippen molar-refractivity contribution in [1.82, 2.24) is 19.7 Å². The quantitative estimate of drug-likeness (QED) is 0.723. The highest BCUT2D eigenvalue weighted by Gasteiger charge is 2.38. The fourth-order valence-corrected chi connectivity index (χ4v) is 2.10. The van der Waals surface area contributed by atoms with Gasteiger partial charge in [-0.25, -0.2) is 0 Å². The molecule has 0 unspecified atom stereocenters. The number of carbonyl (C=O) groups is 2. The Morgan fingerprint density at radius 3 is 2.37 bits per heavy atom. The van der Waals surface area contributed by atoms with E-state index in [0.29, 0.717) is 5.69 Å². The number of rotatable bonds is 3. The van der Waals surface area contributed by atoms with Crippen LogP contribution in [0.5, 0.6) is 0 Å². The van der Waals surface area contributed by atoms with E-state index in [1.807, 2.05) is 0 Å². The molecule has 2 aromatic heterocycles. The summed E-state index contributed by atoms with van der Waals surface area (Å²) in [5.74, 6) is -2.77. The summed E-state index contributed by atoms with van der Waals surface area (Å²) in [6.07, 6.45) is -3.48. The number of nitrogens with two attached hydrogens (primary N) is 1. The Balaban J connectivity index is 1.80. The number of nitrogens with zero attached hydrogens (tertiary/aromatic N) is 4. The van der Waals surface area contributed by atoms with Crippen LogP contribution in [0.15, 0.2) is 48.7 Å². The van der Waals surface area contributed by atoms with Gasteiger partial charge in [-0.05, 0) is 36.4 Å². The molecule has 0 spiro atoms. The molecular formula is C16H11F3N6O2. The van der Waals surface area contributed by atoms with E-state index >= 15 is 0 Å².